The van der Waals surface area contributed by atoms with Gasteiger partial charge in [0.05, 0.1) is 11.3 Å². The maximum atomic E-state index is 12.5. The molecule has 0 aliphatic rings. The summed E-state index contributed by atoms with van der Waals surface area (Å²) in [7, 11) is 0. The van der Waals surface area contributed by atoms with E-state index in [2.05, 4.69) is 4.98 Å². The van der Waals surface area contributed by atoms with Crippen molar-refractivity contribution in [3.8, 4) is 10.6 Å². The number of benzene rings is 1. The smallest absolute Gasteiger partial charge is 0.416 e. The molecular weight excluding hydrogens is 315 g/mol. The molecule has 0 saturated heterocycles. The molecule has 0 N–H and O–H groups in total. The molecule has 0 bridgehead atoms. The number of carbonyl (C=O) groups is 1. The van der Waals surface area contributed by atoms with Crippen LogP contribution in [0.25, 0.3) is 10.6 Å². The van der Waals surface area contributed by atoms with Crippen LogP contribution in [-0.2, 0) is 22.3 Å². The number of ether oxygens (including phenoxy) is 1. The Morgan fingerprint density at radius 3 is 2.59 bits per heavy atom. The second kappa shape index (κ2) is 6.74. The number of hydrogen-bond acceptors (Lipinski definition) is 4. The third-order valence-electron chi connectivity index (χ3n) is 2.68. The van der Waals surface area contributed by atoms with Crippen LogP contribution in [-0.4, -0.2) is 11.0 Å². The fourth-order valence-corrected chi connectivity index (χ4v) is 2.45. The monoisotopic (exact) mass is 327 g/mol. The minimum absolute atomic E-state index is 0.0281. The lowest BCUT2D eigenvalue weighted by Gasteiger charge is -2.06. The standard InChI is InChI=1S/C15H12F3NO2S/c1-2-3-13(20)21-8-12-9-22-14(19-12)10-4-6-11(7-5-10)15(16,17)18/h2-7,9H,8H2,1H3/b3-2+. The van der Waals surface area contributed by atoms with Crippen LogP contribution >= 0.6 is 11.3 Å². The number of alkyl halides is 3. The number of hydrogen-bond donors (Lipinski definition) is 0. The topological polar surface area (TPSA) is 39.2 Å². The Bertz CT molecular complexity index is 675. The highest BCUT2D eigenvalue weighted by Crippen LogP contribution is 2.31. The lowest BCUT2D eigenvalue weighted by atomic mass is 10.1. The number of allylic oxidation sites excluding steroid dienone is 1. The first-order valence-corrected chi connectivity index (χ1v) is 7.19. The maximum Gasteiger partial charge on any atom is 0.416 e. The number of halogens is 3. The van der Waals surface area contributed by atoms with Crippen molar-refractivity contribution in [2.45, 2.75) is 19.7 Å². The van der Waals surface area contributed by atoms with Crippen LogP contribution in [0.5, 0.6) is 0 Å². The summed E-state index contributed by atoms with van der Waals surface area (Å²) >= 11 is 1.28. The summed E-state index contributed by atoms with van der Waals surface area (Å²) in [4.78, 5) is 15.4. The third-order valence-corrected chi connectivity index (χ3v) is 3.62. The summed E-state index contributed by atoms with van der Waals surface area (Å²) < 4.78 is 42.4. The summed E-state index contributed by atoms with van der Waals surface area (Å²) in [6, 6.07) is 4.78. The van der Waals surface area contributed by atoms with Gasteiger partial charge in [0.1, 0.15) is 11.6 Å². The van der Waals surface area contributed by atoms with Crippen molar-refractivity contribution in [2.75, 3.05) is 0 Å². The number of thiazole rings is 1. The van der Waals surface area contributed by atoms with Gasteiger partial charge in [0.15, 0.2) is 0 Å². The van der Waals surface area contributed by atoms with Gasteiger partial charge in [-0.15, -0.1) is 11.3 Å². The molecule has 0 unspecified atom stereocenters. The highest BCUT2D eigenvalue weighted by molar-refractivity contribution is 7.13. The van der Waals surface area contributed by atoms with E-state index < -0.39 is 17.7 Å². The number of rotatable bonds is 4. The zero-order valence-electron chi connectivity index (χ0n) is 11.6. The van der Waals surface area contributed by atoms with E-state index >= 15 is 0 Å². The van der Waals surface area contributed by atoms with Gasteiger partial charge in [0, 0.05) is 17.0 Å². The quantitative estimate of drug-likeness (QED) is 0.615. The maximum absolute atomic E-state index is 12.5. The molecule has 7 heteroatoms. The molecule has 0 aliphatic carbocycles. The van der Waals surface area contributed by atoms with Crippen molar-refractivity contribution >= 4 is 17.3 Å². The fraction of sp³-hybridized carbons (Fsp3) is 0.200. The number of nitrogens with zero attached hydrogens (tertiary/aromatic N) is 1. The highest BCUT2D eigenvalue weighted by Gasteiger charge is 2.30. The summed E-state index contributed by atoms with van der Waals surface area (Å²) in [5, 5.41) is 2.28. The van der Waals surface area contributed by atoms with Crippen LogP contribution in [0.3, 0.4) is 0 Å². The first-order valence-electron chi connectivity index (χ1n) is 6.31. The average Bonchev–Trinajstić information content (AvgIpc) is 2.93. The largest absolute Gasteiger partial charge is 0.456 e. The predicted octanol–water partition coefficient (Wildman–Crippen LogP) is 4.45. The Morgan fingerprint density at radius 1 is 1.32 bits per heavy atom. The zero-order valence-corrected chi connectivity index (χ0v) is 12.4. The van der Waals surface area contributed by atoms with Gasteiger partial charge in [-0.1, -0.05) is 18.2 Å². The Kier molecular flexibility index (Phi) is 4.97. The molecule has 1 heterocycles. The van der Waals surface area contributed by atoms with Gasteiger partial charge in [0.25, 0.3) is 0 Å². The van der Waals surface area contributed by atoms with Crippen LogP contribution < -0.4 is 0 Å². The van der Waals surface area contributed by atoms with E-state index in [1.165, 1.54) is 29.5 Å². The Hall–Kier alpha value is -2.15. The minimum atomic E-state index is -4.35. The average molecular weight is 327 g/mol. The summed E-state index contributed by atoms with van der Waals surface area (Å²) in [6.45, 7) is 1.73. The van der Waals surface area contributed by atoms with Crippen LogP contribution in [0.1, 0.15) is 18.2 Å². The predicted molar refractivity (Wildman–Crippen MR) is 77.2 cm³/mol. The normalized spacial score (nSPS) is 11.8. The van der Waals surface area contributed by atoms with E-state index in [0.717, 1.165) is 12.1 Å². The van der Waals surface area contributed by atoms with Crippen molar-refractivity contribution in [1.82, 2.24) is 4.98 Å². The van der Waals surface area contributed by atoms with Gasteiger partial charge in [-0.05, 0) is 19.1 Å². The second-order valence-electron chi connectivity index (χ2n) is 4.33. The van der Waals surface area contributed by atoms with Crippen molar-refractivity contribution in [1.29, 1.82) is 0 Å². The van der Waals surface area contributed by atoms with Gasteiger partial charge in [-0.2, -0.15) is 13.2 Å². The third kappa shape index (κ3) is 4.17. The lowest BCUT2D eigenvalue weighted by Crippen LogP contribution is -2.04. The van der Waals surface area contributed by atoms with Crippen LogP contribution in [0.4, 0.5) is 13.2 Å². The highest BCUT2D eigenvalue weighted by atomic mass is 32.1. The van der Waals surface area contributed by atoms with Crippen molar-refractivity contribution in [3.05, 3.63) is 53.1 Å². The summed E-state index contributed by atoms with van der Waals surface area (Å²) in [5.41, 5.74) is 0.440. The van der Waals surface area contributed by atoms with E-state index in [1.54, 1.807) is 18.4 Å². The molecule has 0 aliphatic heterocycles. The molecule has 1 aromatic heterocycles. The Labute approximate surface area is 129 Å². The van der Waals surface area contributed by atoms with Gasteiger partial charge in [0.2, 0.25) is 0 Å². The Balaban J connectivity index is 2.06. The minimum Gasteiger partial charge on any atom is -0.456 e. The summed E-state index contributed by atoms with van der Waals surface area (Å²) in [5.74, 6) is -0.466. The van der Waals surface area contributed by atoms with Crippen molar-refractivity contribution < 1.29 is 22.7 Å². The number of carbonyl (C=O) groups excluding carboxylic acids is 1. The molecule has 2 aromatic rings. The second-order valence-corrected chi connectivity index (χ2v) is 5.18. The van der Waals surface area contributed by atoms with Gasteiger partial charge >= 0.3 is 12.1 Å². The fourth-order valence-electron chi connectivity index (χ4n) is 1.64. The molecule has 0 spiro atoms. The molecule has 22 heavy (non-hydrogen) atoms. The molecule has 1 aromatic carbocycles. The van der Waals surface area contributed by atoms with Crippen molar-refractivity contribution in [2.24, 2.45) is 0 Å². The zero-order chi connectivity index (χ0) is 16.2. The molecular formula is C15H12F3NO2S. The first-order chi connectivity index (χ1) is 10.4. The van der Waals surface area contributed by atoms with E-state index in [4.69, 9.17) is 4.74 Å². The molecule has 0 radical (unpaired) electrons. The van der Waals surface area contributed by atoms with E-state index in [0.29, 0.717) is 16.3 Å². The van der Waals surface area contributed by atoms with Gasteiger partial charge < -0.3 is 4.74 Å². The SMILES string of the molecule is C/C=C/C(=O)OCc1csc(-c2ccc(C(F)(F)F)cc2)n1. The van der Waals surface area contributed by atoms with Crippen LogP contribution in [0.2, 0.25) is 0 Å². The molecule has 0 amide bonds. The number of esters is 1. The van der Waals surface area contributed by atoms with Gasteiger partial charge in [-0.25, -0.2) is 9.78 Å². The van der Waals surface area contributed by atoms with E-state index in [9.17, 15) is 18.0 Å². The number of aromatic nitrogens is 1. The molecule has 0 fully saturated rings. The van der Waals surface area contributed by atoms with Gasteiger partial charge in [-0.3, -0.25) is 0 Å². The summed E-state index contributed by atoms with van der Waals surface area (Å²) in [6.07, 6.45) is -1.49. The lowest BCUT2D eigenvalue weighted by molar-refractivity contribution is -0.139. The van der Waals surface area contributed by atoms with E-state index in [1.807, 2.05) is 0 Å². The molecule has 116 valence electrons. The molecule has 3 nitrogen and oxygen atoms in total. The molecule has 0 saturated carbocycles. The molecule has 0 atom stereocenters. The van der Waals surface area contributed by atoms with Crippen molar-refractivity contribution in [3.63, 3.8) is 0 Å². The van der Waals surface area contributed by atoms with Crippen LogP contribution in [0, 0.1) is 0 Å². The molecule has 2 rings (SSSR count). The van der Waals surface area contributed by atoms with E-state index in [-0.39, 0.29) is 6.61 Å². The van der Waals surface area contributed by atoms with Crippen LogP contribution in [0.15, 0.2) is 41.8 Å². The first kappa shape index (κ1) is 16.2. The Morgan fingerprint density at radius 2 is 2.00 bits per heavy atom.